The summed E-state index contributed by atoms with van der Waals surface area (Å²) in [7, 11) is 0. The van der Waals surface area contributed by atoms with Gasteiger partial charge in [0.1, 0.15) is 5.78 Å². The van der Waals surface area contributed by atoms with Crippen LogP contribution in [-0.2, 0) is 17.8 Å². The van der Waals surface area contributed by atoms with Gasteiger partial charge >= 0.3 is 0 Å². The van der Waals surface area contributed by atoms with Crippen LogP contribution >= 0.6 is 22.6 Å². The Bertz CT molecular complexity index is 321. The van der Waals surface area contributed by atoms with E-state index in [1.54, 1.807) is 6.92 Å². The third-order valence-corrected chi connectivity index (χ3v) is 2.45. The molecule has 0 fully saturated rings. The van der Waals surface area contributed by atoms with Crippen molar-refractivity contribution in [3.05, 3.63) is 32.9 Å². The molecule has 0 aromatic heterocycles. The van der Waals surface area contributed by atoms with Crippen LogP contribution in [0.15, 0.2) is 18.2 Å². The first-order valence-electron chi connectivity index (χ1n) is 4.01. The summed E-state index contributed by atoms with van der Waals surface area (Å²) >= 11 is 2.19. The lowest BCUT2D eigenvalue weighted by atomic mass is 10.0. The number of Topliss-reactive ketones (excluding diaryl/α,β-unsaturated/α-hetero) is 1. The molecule has 0 bridgehead atoms. The second kappa shape index (κ2) is 4.72. The fourth-order valence-electron chi connectivity index (χ4n) is 1.18. The van der Waals surface area contributed by atoms with Crippen molar-refractivity contribution >= 4 is 28.4 Å². The van der Waals surface area contributed by atoms with Gasteiger partial charge in [-0.05, 0) is 52.8 Å². The highest BCUT2D eigenvalue weighted by Crippen LogP contribution is 2.14. The molecule has 0 aliphatic rings. The number of benzene rings is 1. The van der Waals surface area contributed by atoms with Gasteiger partial charge in [0, 0.05) is 9.99 Å². The van der Waals surface area contributed by atoms with E-state index in [2.05, 4.69) is 22.6 Å². The summed E-state index contributed by atoms with van der Waals surface area (Å²) in [5.74, 6) is 0.122. The van der Waals surface area contributed by atoms with E-state index in [0.717, 1.165) is 14.7 Å². The van der Waals surface area contributed by atoms with E-state index < -0.39 is 0 Å². The van der Waals surface area contributed by atoms with Gasteiger partial charge in [-0.3, -0.25) is 4.79 Å². The van der Waals surface area contributed by atoms with E-state index in [-0.39, 0.29) is 12.4 Å². The summed E-state index contributed by atoms with van der Waals surface area (Å²) < 4.78 is 1.09. The highest BCUT2D eigenvalue weighted by atomic mass is 127. The summed E-state index contributed by atoms with van der Waals surface area (Å²) in [6.07, 6.45) is 0.409. The SMILES string of the molecule is CC(=O)Cc1cc(I)ccc1CO. The number of aliphatic hydroxyl groups is 1. The number of hydrogen-bond acceptors (Lipinski definition) is 2. The zero-order chi connectivity index (χ0) is 9.84. The largest absolute Gasteiger partial charge is 0.392 e. The van der Waals surface area contributed by atoms with Crippen molar-refractivity contribution in [1.82, 2.24) is 0 Å². The van der Waals surface area contributed by atoms with E-state index in [9.17, 15) is 4.79 Å². The Labute approximate surface area is 91.1 Å². The number of carbonyl (C=O) groups is 1. The van der Waals surface area contributed by atoms with Crippen LogP contribution in [-0.4, -0.2) is 10.9 Å². The average molecular weight is 290 g/mol. The van der Waals surface area contributed by atoms with Crippen molar-refractivity contribution in [3.8, 4) is 0 Å². The maximum atomic E-state index is 10.9. The molecule has 1 aromatic rings. The maximum absolute atomic E-state index is 10.9. The highest BCUT2D eigenvalue weighted by molar-refractivity contribution is 14.1. The predicted molar refractivity (Wildman–Crippen MR) is 59.5 cm³/mol. The molecule has 0 aliphatic heterocycles. The smallest absolute Gasteiger partial charge is 0.134 e. The molecule has 0 unspecified atom stereocenters. The van der Waals surface area contributed by atoms with E-state index in [0.29, 0.717) is 6.42 Å². The molecule has 2 nitrogen and oxygen atoms in total. The molecule has 0 amide bonds. The average Bonchev–Trinajstić information content (AvgIpc) is 2.03. The van der Waals surface area contributed by atoms with Gasteiger partial charge in [0.2, 0.25) is 0 Å². The molecular weight excluding hydrogens is 279 g/mol. The number of carbonyl (C=O) groups excluding carboxylic acids is 1. The summed E-state index contributed by atoms with van der Waals surface area (Å²) in [5.41, 5.74) is 1.78. The van der Waals surface area contributed by atoms with Crippen LogP contribution in [0, 0.1) is 3.57 Å². The van der Waals surface area contributed by atoms with Crippen molar-refractivity contribution in [2.24, 2.45) is 0 Å². The van der Waals surface area contributed by atoms with E-state index in [4.69, 9.17) is 5.11 Å². The van der Waals surface area contributed by atoms with E-state index in [1.165, 1.54) is 0 Å². The minimum atomic E-state index is -0.000463. The van der Waals surface area contributed by atoms with Crippen LogP contribution in [0.25, 0.3) is 0 Å². The molecule has 0 atom stereocenters. The van der Waals surface area contributed by atoms with Crippen LogP contribution in [0.3, 0.4) is 0 Å². The van der Waals surface area contributed by atoms with E-state index >= 15 is 0 Å². The summed E-state index contributed by atoms with van der Waals surface area (Å²) in [6, 6.07) is 5.73. The molecule has 0 aliphatic carbocycles. The van der Waals surface area contributed by atoms with Crippen molar-refractivity contribution in [2.75, 3.05) is 0 Å². The first kappa shape index (κ1) is 10.7. The zero-order valence-corrected chi connectivity index (χ0v) is 9.54. The van der Waals surface area contributed by atoms with Crippen LogP contribution in [0.5, 0.6) is 0 Å². The first-order valence-corrected chi connectivity index (χ1v) is 5.09. The molecule has 0 heterocycles. The Morgan fingerprint density at radius 2 is 2.15 bits per heavy atom. The quantitative estimate of drug-likeness (QED) is 0.864. The Hall–Kier alpha value is -0.420. The fourth-order valence-corrected chi connectivity index (χ4v) is 1.74. The number of hydrogen-bond donors (Lipinski definition) is 1. The predicted octanol–water partition coefficient (Wildman–Crippen LogP) is 1.91. The molecule has 1 N–H and O–H groups in total. The molecule has 0 radical (unpaired) electrons. The second-order valence-electron chi connectivity index (χ2n) is 2.95. The van der Waals surface area contributed by atoms with Crippen molar-refractivity contribution in [3.63, 3.8) is 0 Å². The molecule has 1 aromatic carbocycles. The molecule has 70 valence electrons. The third kappa shape index (κ3) is 3.08. The Balaban J connectivity index is 3.01. The van der Waals surface area contributed by atoms with Crippen LogP contribution in [0.2, 0.25) is 0 Å². The fraction of sp³-hybridized carbons (Fsp3) is 0.300. The summed E-state index contributed by atoms with van der Waals surface area (Å²) in [4.78, 5) is 10.9. The summed E-state index contributed by atoms with van der Waals surface area (Å²) in [6.45, 7) is 1.56. The number of aliphatic hydroxyl groups excluding tert-OH is 1. The molecule has 3 heteroatoms. The van der Waals surface area contributed by atoms with Gasteiger partial charge in [-0.1, -0.05) is 6.07 Å². The van der Waals surface area contributed by atoms with Crippen molar-refractivity contribution in [2.45, 2.75) is 20.0 Å². The molecule has 13 heavy (non-hydrogen) atoms. The minimum Gasteiger partial charge on any atom is -0.392 e. The third-order valence-electron chi connectivity index (χ3n) is 1.78. The number of rotatable bonds is 3. The molecular formula is C10H11IO2. The highest BCUT2D eigenvalue weighted by Gasteiger charge is 2.04. The van der Waals surface area contributed by atoms with Crippen molar-refractivity contribution in [1.29, 1.82) is 0 Å². The van der Waals surface area contributed by atoms with Gasteiger partial charge < -0.3 is 5.11 Å². The zero-order valence-electron chi connectivity index (χ0n) is 7.38. The molecule has 0 saturated carbocycles. The van der Waals surface area contributed by atoms with E-state index in [1.807, 2.05) is 18.2 Å². The maximum Gasteiger partial charge on any atom is 0.134 e. The van der Waals surface area contributed by atoms with Crippen LogP contribution < -0.4 is 0 Å². The normalized spacial score (nSPS) is 10.1. The van der Waals surface area contributed by atoms with Crippen LogP contribution in [0.4, 0.5) is 0 Å². The number of ketones is 1. The summed E-state index contributed by atoms with van der Waals surface area (Å²) in [5, 5.41) is 9.01. The lowest BCUT2D eigenvalue weighted by Crippen LogP contribution is -2.01. The standard InChI is InChI=1S/C10H11IO2/c1-7(13)4-9-5-10(11)3-2-8(9)6-12/h2-3,5,12H,4,6H2,1H3. The first-order chi connectivity index (χ1) is 6.13. The molecule has 0 spiro atoms. The monoisotopic (exact) mass is 290 g/mol. The van der Waals surface area contributed by atoms with Gasteiger partial charge in [-0.2, -0.15) is 0 Å². The lowest BCUT2D eigenvalue weighted by Gasteiger charge is -2.05. The van der Waals surface area contributed by atoms with Gasteiger partial charge in [0.05, 0.1) is 6.61 Å². The number of halogens is 1. The molecule has 1 rings (SSSR count). The van der Waals surface area contributed by atoms with Gasteiger partial charge in [-0.15, -0.1) is 0 Å². The Kier molecular flexibility index (Phi) is 3.87. The topological polar surface area (TPSA) is 37.3 Å². The minimum absolute atomic E-state index is 0.000463. The van der Waals surface area contributed by atoms with Gasteiger partial charge in [0.25, 0.3) is 0 Å². The van der Waals surface area contributed by atoms with Crippen molar-refractivity contribution < 1.29 is 9.90 Å². The van der Waals surface area contributed by atoms with Gasteiger partial charge in [0.15, 0.2) is 0 Å². The Morgan fingerprint density at radius 1 is 1.46 bits per heavy atom. The Morgan fingerprint density at radius 3 is 2.69 bits per heavy atom. The lowest BCUT2D eigenvalue weighted by molar-refractivity contribution is -0.116. The second-order valence-corrected chi connectivity index (χ2v) is 4.20. The van der Waals surface area contributed by atoms with Crippen LogP contribution in [0.1, 0.15) is 18.1 Å². The molecule has 0 saturated heterocycles. The van der Waals surface area contributed by atoms with Gasteiger partial charge in [-0.25, -0.2) is 0 Å².